The molecule has 86 valence electrons. The van der Waals surface area contributed by atoms with Crippen LogP contribution in [-0.2, 0) is 9.59 Å². The van der Waals surface area contributed by atoms with Crippen molar-refractivity contribution in [2.75, 3.05) is 13.1 Å². The van der Waals surface area contributed by atoms with Crippen LogP contribution in [0.25, 0.3) is 0 Å². The van der Waals surface area contributed by atoms with E-state index in [0.717, 1.165) is 0 Å². The van der Waals surface area contributed by atoms with E-state index >= 15 is 0 Å². The van der Waals surface area contributed by atoms with Gasteiger partial charge in [-0.2, -0.15) is 0 Å². The minimum Gasteiger partial charge on any atom is -0.480 e. The van der Waals surface area contributed by atoms with Crippen molar-refractivity contribution >= 4 is 11.9 Å². The predicted molar refractivity (Wildman–Crippen MR) is 56.0 cm³/mol. The van der Waals surface area contributed by atoms with Gasteiger partial charge in [0.1, 0.15) is 5.54 Å². The molecule has 0 radical (unpaired) electrons. The molecule has 16 heavy (non-hydrogen) atoms. The number of carboxylic acids is 2. The summed E-state index contributed by atoms with van der Waals surface area (Å²) in [6.07, 6.45) is 4.58. The first kappa shape index (κ1) is 10.9. The first-order valence-corrected chi connectivity index (χ1v) is 5.11. The Labute approximate surface area is 92.7 Å². The average molecular weight is 223 g/mol. The Bertz CT molecular complexity index is 408. The van der Waals surface area contributed by atoms with Gasteiger partial charge in [0, 0.05) is 24.6 Å². The number of hydrogen-bond donors (Lipinski definition) is 2. The van der Waals surface area contributed by atoms with Crippen LogP contribution in [0.15, 0.2) is 23.8 Å². The summed E-state index contributed by atoms with van der Waals surface area (Å²) in [4.78, 5) is 24.2. The largest absolute Gasteiger partial charge is 0.480 e. The Kier molecular flexibility index (Phi) is 2.35. The summed E-state index contributed by atoms with van der Waals surface area (Å²) in [5.74, 6) is -2.58. The van der Waals surface area contributed by atoms with Crippen LogP contribution in [0.3, 0.4) is 0 Å². The molecule has 2 rings (SSSR count). The van der Waals surface area contributed by atoms with Crippen molar-refractivity contribution in [1.82, 2.24) is 4.90 Å². The molecule has 1 heterocycles. The molecule has 2 N–H and O–H groups in total. The van der Waals surface area contributed by atoms with Crippen LogP contribution in [0.4, 0.5) is 0 Å². The molecule has 2 atom stereocenters. The lowest BCUT2D eigenvalue weighted by Crippen LogP contribution is -2.52. The predicted octanol–water partition coefficient (Wildman–Crippen LogP) is 0.342. The molecule has 0 saturated carbocycles. The van der Waals surface area contributed by atoms with Crippen LogP contribution in [0.2, 0.25) is 0 Å². The highest BCUT2D eigenvalue weighted by Gasteiger charge is 2.53. The first-order chi connectivity index (χ1) is 7.50. The molecule has 1 aliphatic heterocycles. The average Bonchev–Trinajstić information content (AvgIpc) is 3.01. The summed E-state index contributed by atoms with van der Waals surface area (Å²) in [6.45, 7) is 3.05. The summed E-state index contributed by atoms with van der Waals surface area (Å²) < 4.78 is 0. The standard InChI is InChI=1S/C11H13NO4/c1-7-8(9(13)14)3-2-4-11(7,10(15)16)12-5-6-12/h2-4,7H,5-6H2,1H3,(H,13,14)(H,15,16). The van der Waals surface area contributed by atoms with E-state index in [0.29, 0.717) is 13.1 Å². The second kappa shape index (κ2) is 3.45. The SMILES string of the molecule is CC1C(C(=O)O)=CC=CC1(C(=O)O)N1CC1. The Morgan fingerprint density at radius 2 is 2.06 bits per heavy atom. The van der Waals surface area contributed by atoms with Gasteiger partial charge in [-0.05, 0) is 0 Å². The molecule has 0 bridgehead atoms. The van der Waals surface area contributed by atoms with Gasteiger partial charge < -0.3 is 10.2 Å². The summed E-state index contributed by atoms with van der Waals surface area (Å²) in [5.41, 5.74) is -1.03. The highest BCUT2D eigenvalue weighted by atomic mass is 16.4. The van der Waals surface area contributed by atoms with Gasteiger partial charge in [-0.25, -0.2) is 9.59 Å². The molecule has 5 nitrogen and oxygen atoms in total. The molecule has 0 aromatic rings. The molecule has 0 aromatic carbocycles. The van der Waals surface area contributed by atoms with E-state index < -0.39 is 23.4 Å². The van der Waals surface area contributed by atoms with Crippen LogP contribution in [0.1, 0.15) is 6.92 Å². The maximum absolute atomic E-state index is 11.4. The van der Waals surface area contributed by atoms with Crippen LogP contribution in [0.5, 0.6) is 0 Å². The normalized spacial score (nSPS) is 33.3. The smallest absolute Gasteiger partial charge is 0.331 e. The van der Waals surface area contributed by atoms with Gasteiger partial charge >= 0.3 is 11.9 Å². The molecular weight excluding hydrogens is 210 g/mol. The van der Waals surface area contributed by atoms with Gasteiger partial charge in [-0.15, -0.1) is 0 Å². The minimum atomic E-state index is -1.18. The number of nitrogens with zero attached hydrogens (tertiary/aromatic N) is 1. The summed E-state index contributed by atoms with van der Waals surface area (Å²) >= 11 is 0. The topological polar surface area (TPSA) is 77.6 Å². The fourth-order valence-corrected chi connectivity index (χ4v) is 2.27. The highest BCUT2D eigenvalue weighted by molar-refractivity contribution is 5.93. The zero-order valence-electron chi connectivity index (χ0n) is 8.88. The third kappa shape index (κ3) is 1.36. The van der Waals surface area contributed by atoms with Crippen molar-refractivity contribution in [3.05, 3.63) is 23.8 Å². The second-order valence-corrected chi connectivity index (χ2v) is 4.13. The van der Waals surface area contributed by atoms with Crippen molar-refractivity contribution in [2.24, 2.45) is 5.92 Å². The Hall–Kier alpha value is -1.62. The zero-order valence-corrected chi connectivity index (χ0v) is 8.88. The van der Waals surface area contributed by atoms with Crippen molar-refractivity contribution in [2.45, 2.75) is 12.5 Å². The number of hydrogen-bond acceptors (Lipinski definition) is 3. The van der Waals surface area contributed by atoms with Gasteiger partial charge in [0.15, 0.2) is 0 Å². The van der Waals surface area contributed by atoms with Gasteiger partial charge in [-0.1, -0.05) is 25.2 Å². The Morgan fingerprint density at radius 1 is 1.44 bits per heavy atom. The monoisotopic (exact) mass is 223 g/mol. The lowest BCUT2D eigenvalue weighted by atomic mass is 9.76. The number of allylic oxidation sites excluding steroid dienone is 2. The Morgan fingerprint density at radius 3 is 2.50 bits per heavy atom. The number of carbonyl (C=O) groups is 2. The summed E-state index contributed by atoms with van der Waals surface area (Å²) in [6, 6.07) is 0. The molecule has 1 fully saturated rings. The quantitative estimate of drug-likeness (QED) is 0.675. The van der Waals surface area contributed by atoms with Gasteiger partial charge in [0.25, 0.3) is 0 Å². The van der Waals surface area contributed by atoms with E-state index in [2.05, 4.69) is 0 Å². The molecule has 0 aromatic heterocycles. The number of aliphatic carboxylic acids is 2. The molecular formula is C11H13NO4. The second-order valence-electron chi connectivity index (χ2n) is 4.13. The Balaban J connectivity index is 2.43. The molecule has 0 spiro atoms. The van der Waals surface area contributed by atoms with Crippen molar-refractivity contribution < 1.29 is 19.8 Å². The number of carboxylic acid groups (broad SMARTS) is 2. The minimum absolute atomic E-state index is 0.150. The van der Waals surface area contributed by atoms with Crippen molar-refractivity contribution in [1.29, 1.82) is 0 Å². The van der Waals surface area contributed by atoms with Crippen LogP contribution in [0, 0.1) is 5.92 Å². The first-order valence-electron chi connectivity index (χ1n) is 5.11. The third-order valence-corrected chi connectivity index (χ3v) is 3.31. The third-order valence-electron chi connectivity index (χ3n) is 3.31. The molecule has 2 unspecified atom stereocenters. The van der Waals surface area contributed by atoms with Crippen LogP contribution < -0.4 is 0 Å². The molecule has 5 heteroatoms. The van der Waals surface area contributed by atoms with E-state index in [1.807, 2.05) is 0 Å². The summed E-state index contributed by atoms with van der Waals surface area (Å²) in [7, 11) is 0. The van der Waals surface area contributed by atoms with Gasteiger partial charge in [0.2, 0.25) is 0 Å². The van der Waals surface area contributed by atoms with E-state index in [1.165, 1.54) is 12.2 Å². The number of rotatable bonds is 3. The van der Waals surface area contributed by atoms with E-state index in [9.17, 15) is 14.7 Å². The maximum Gasteiger partial charge on any atom is 0.331 e. The lowest BCUT2D eigenvalue weighted by Gasteiger charge is -2.36. The molecule has 2 aliphatic rings. The molecule has 1 saturated heterocycles. The summed E-state index contributed by atoms with van der Waals surface area (Å²) in [5, 5.41) is 18.4. The fourth-order valence-electron chi connectivity index (χ4n) is 2.27. The fraction of sp³-hybridized carbons (Fsp3) is 0.455. The van der Waals surface area contributed by atoms with E-state index in [-0.39, 0.29) is 5.57 Å². The highest BCUT2D eigenvalue weighted by Crippen LogP contribution is 2.38. The molecule has 1 aliphatic carbocycles. The van der Waals surface area contributed by atoms with Crippen LogP contribution in [-0.4, -0.2) is 45.7 Å². The lowest BCUT2D eigenvalue weighted by molar-refractivity contribution is -0.147. The van der Waals surface area contributed by atoms with E-state index in [4.69, 9.17) is 5.11 Å². The zero-order chi connectivity index (χ0) is 11.9. The van der Waals surface area contributed by atoms with E-state index in [1.54, 1.807) is 17.9 Å². The molecule has 0 amide bonds. The van der Waals surface area contributed by atoms with Crippen molar-refractivity contribution in [3.63, 3.8) is 0 Å². The maximum atomic E-state index is 11.4. The van der Waals surface area contributed by atoms with Crippen LogP contribution >= 0.6 is 0 Å². The van der Waals surface area contributed by atoms with Crippen molar-refractivity contribution in [3.8, 4) is 0 Å². The van der Waals surface area contributed by atoms with Gasteiger partial charge in [0.05, 0.1) is 0 Å². The van der Waals surface area contributed by atoms with Gasteiger partial charge in [-0.3, -0.25) is 4.90 Å².